The van der Waals surface area contributed by atoms with E-state index < -0.39 is 12.0 Å². The van der Waals surface area contributed by atoms with Crippen molar-refractivity contribution in [2.45, 2.75) is 31.8 Å². The molecule has 0 spiro atoms. The molecule has 0 bridgehead atoms. The Labute approximate surface area is 95.1 Å². The molecule has 1 rings (SSSR count). The number of aliphatic hydroxyl groups excluding tert-OH is 1. The van der Waals surface area contributed by atoms with Crippen molar-refractivity contribution in [2.75, 3.05) is 6.54 Å². The third kappa shape index (κ3) is 3.62. The number of nitrogens with zero attached hydrogens (tertiary/aromatic N) is 1. The summed E-state index contributed by atoms with van der Waals surface area (Å²) in [5, 5.41) is 20.5. The number of hydrogen-bond donors (Lipinski definition) is 1. The van der Waals surface area contributed by atoms with Gasteiger partial charge in [0.2, 0.25) is 6.54 Å². The molecule has 0 aromatic heterocycles. The van der Waals surface area contributed by atoms with Crippen LogP contribution >= 0.6 is 0 Å². The van der Waals surface area contributed by atoms with Gasteiger partial charge in [0, 0.05) is 4.92 Å². The summed E-state index contributed by atoms with van der Waals surface area (Å²) in [6.07, 6.45) is 0.771. The largest absolute Gasteiger partial charge is 0.392 e. The summed E-state index contributed by atoms with van der Waals surface area (Å²) < 4.78 is 0. The lowest BCUT2D eigenvalue weighted by molar-refractivity contribution is -0.485. The minimum absolute atomic E-state index is 0.217. The minimum Gasteiger partial charge on any atom is -0.392 e. The van der Waals surface area contributed by atoms with Crippen LogP contribution in [0.25, 0.3) is 0 Å². The van der Waals surface area contributed by atoms with Crippen molar-refractivity contribution in [3.8, 4) is 0 Å². The van der Waals surface area contributed by atoms with Crippen LogP contribution in [0.15, 0.2) is 30.3 Å². The molecule has 1 aromatic carbocycles. The predicted octanol–water partition coefficient (Wildman–Crippen LogP) is 2.21. The molecule has 88 valence electrons. The molecular formula is C12H17NO3. The molecule has 0 saturated heterocycles. The third-order valence-electron chi connectivity index (χ3n) is 2.62. The van der Waals surface area contributed by atoms with Crippen molar-refractivity contribution >= 4 is 0 Å². The molecule has 0 aliphatic rings. The van der Waals surface area contributed by atoms with E-state index in [1.165, 1.54) is 0 Å². The van der Waals surface area contributed by atoms with Crippen LogP contribution in [0.5, 0.6) is 0 Å². The maximum Gasteiger partial charge on any atom is 0.213 e. The van der Waals surface area contributed by atoms with Crippen LogP contribution in [-0.4, -0.2) is 22.7 Å². The van der Waals surface area contributed by atoms with E-state index in [1.54, 1.807) is 0 Å². The van der Waals surface area contributed by atoms with Crippen LogP contribution < -0.4 is 0 Å². The summed E-state index contributed by atoms with van der Waals surface area (Å²) in [4.78, 5) is 10.2. The Kier molecular flexibility index (Phi) is 4.92. The number of rotatable bonds is 6. The predicted molar refractivity (Wildman–Crippen MR) is 62.0 cm³/mol. The first-order chi connectivity index (χ1) is 7.65. The van der Waals surface area contributed by atoms with Gasteiger partial charge in [-0.1, -0.05) is 43.7 Å². The zero-order chi connectivity index (χ0) is 12.0. The molecule has 1 N–H and O–H groups in total. The highest BCUT2D eigenvalue weighted by molar-refractivity contribution is 5.20. The molecule has 4 nitrogen and oxygen atoms in total. The summed E-state index contributed by atoms with van der Waals surface area (Å²) in [5.74, 6) is -0.406. The van der Waals surface area contributed by atoms with Crippen molar-refractivity contribution in [1.82, 2.24) is 0 Å². The van der Waals surface area contributed by atoms with E-state index >= 15 is 0 Å². The van der Waals surface area contributed by atoms with Gasteiger partial charge in [0.05, 0.1) is 12.0 Å². The fraction of sp³-hybridized carbons (Fsp3) is 0.500. The lowest BCUT2D eigenvalue weighted by Gasteiger charge is -2.19. The van der Waals surface area contributed by atoms with E-state index in [4.69, 9.17) is 0 Å². The van der Waals surface area contributed by atoms with Crippen LogP contribution in [0.2, 0.25) is 0 Å². The third-order valence-corrected chi connectivity index (χ3v) is 2.62. The summed E-state index contributed by atoms with van der Waals surface area (Å²) in [6, 6.07) is 9.18. The first kappa shape index (κ1) is 12.6. The van der Waals surface area contributed by atoms with E-state index in [2.05, 4.69) is 0 Å². The number of benzene rings is 1. The Morgan fingerprint density at radius 3 is 2.50 bits per heavy atom. The number of aliphatic hydroxyl groups is 1. The zero-order valence-electron chi connectivity index (χ0n) is 9.37. The molecule has 0 saturated carbocycles. The molecule has 16 heavy (non-hydrogen) atoms. The molecule has 1 unspecified atom stereocenters. The van der Waals surface area contributed by atoms with Crippen LogP contribution in [0.3, 0.4) is 0 Å². The first-order valence-electron chi connectivity index (χ1n) is 5.50. The van der Waals surface area contributed by atoms with Gasteiger partial charge in [0.1, 0.15) is 0 Å². The molecule has 0 amide bonds. The average molecular weight is 223 g/mol. The minimum atomic E-state index is -0.641. The second-order valence-electron chi connectivity index (χ2n) is 3.89. The van der Waals surface area contributed by atoms with Gasteiger partial charge >= 0.3 is 0 Å². The second-order valence-corrected chi connectivity index (χ2v) is 3.89. The molecule has 0 fully saturated rings. The van der Waals surface area contributed by atoms with Gasteiger partial charge in [-0.25, -0.2) is 0 Å². The van der Waals surface area contributed by atoms with Crippen molar-refractivity contribution in [1.29, 1.82) is 0 Å². The zero-order valence-corrected chi connectivity index (χ0v) is 9.37. The van der Waals surface area contributed by atoms with Gasteiger partial charge in [-0.3, -0.25) is 10.1 Å². The molecular weight excluding hydrogens is 206 g/mol. The van der Waals surface area contributed by atoms with Gasteiger partial charge < -0.3 is 5.11 Å². The van der Waals surface area contributed by atoms with Crippen LogP contribution in [0.4, 0.5) is 0 Å². The molecule has 1 aromatic rings. The fourth-order valence-electron chi connectivity index (χ4n) is 1.81. The van der Waals surface area contributed by atoms with Gasteiger partial charge in [0.15, 0.2) is 0 Å². The number of nitro groups is 1. The van der Waals surface area contributed by atoms with Crippen molar-refractivity contribution in [3.63, 3.8) is 0 Å². The number of hydrogen-bond acceptors (Lipinski definition) is 3. The molecule has 2 atom stereocenters. The summed E-state index contributed by atoms with van der Waals surface area (Å²) in [6.45, 7) is 1.74. The van der Waals surface area contributed by atoms with Crippen molar-refractivity contribution in [3.05, 3.63) is 46.0 Å². The molecule has 0 aliphatic carbocycles. The summed E-state index contributed by atoms with van der Waals surface area (Å²) in [7, 11) is 0. The van der Waals surface area contributed by atoms with E-state index in [9.17, 15) is 15.2 Å². The molecule has 0 radical (unpaired) electrons. The highest BCUT2D eigenvalue weighted by Crippen LogP contribution is 2.22. The average Bonchev–Trinajstić information content (AvgIpc) is 2.27. The standard InChI is InChI=1S/C12H17NO3/c1-2-6-12(14)11(9-13(15)16)10-7-4-3-5-8-10/h3-5,7-8,11-12,14H,2,6,9H2,1H3/t11-,12?/m0/s1. The maximum atomic E-state index is 10.6. The summed E-state index contributed by atoms with van der Waals surface area (Å²) >= 11 is 0. The van der Waals surface area contributed by atoms with Gasteiger partial charge in [-0.15, -0.1) is 0 Å². The summed E-state index contributed by atoms with van der Waals surface area (Å²) in [5.41, 5.74) is 0.833. The lowest BCUT2D eigenvalue weighted by atomic mass is 9.91. The maximum absolute atomic E-state index is 10.6. The van der Waals surface area contributed by atoms with E-state index in [-0.39, 0.29) is 11.5 Å². The Morgan fingerprint density at radius 1 is 1.38 bits per heavy atom. The lowest BCUT2D eigenvalue weighted by Crippen LogP contribution is -2.25. The molecule has 0 aliphatic heterocycles. The Hall–Kier alpha value is -1.42. The van der Waals surface area contributed by atoms with Crippen molar-refractivity contribution < 1.29 is 10.0 Å². The Morgan fingerprint density at radius 2 is 2.00 bits per heavy atom. The van der Waals surface area contributed by atoms with Crippen LogP contribution in [-0.2, 0) is 0 Å². The first-order valence-corrected chi connectivity index (χ1v) is 5.50. The Balaban J connectivity index is 2.82. The SMILES string of the molecule is CCCC(O)[C@@H](C[N+](=O)[O-])c1ccccc1. The smallest absolute Gasteiger partial charge is 0.213 e. The quantitative estimate of drug-likeness (QED) is 0.594. The second kappa shape index (κ2) is 6.23. The molecule has 0 heterocycles. The van der Waals surface area contributed by atoms with Crippen LogP contribution in [0.1, 0.15) is 31.2 Å². The highest BCUT2D eigenvalue weighted by Gasteiger charge is 2.25. The van der Waals surface area contributed by atoms with E-state index in [0.29, 0.717) is 6.42 Å². The van der Waals surface area contributed by atoms with Crippen LogP contribution in [0, 0.1) is 10.1 Å². The normalized spacial score (nSPS) is 14.4. The van der Waals surface area contributed by atoms with Crippen molar-refractivity contribution in [2.24, 2.45) is 0 Å². The monoisotopic (exact) mass is 223 g/mol. The van der Waals surface area contributed by atoms with Gasteiger partial charge in [0.25, 0.3) is 0 Å². The fourth-order valence-corrected chi connectivity index (χ4v) is 1.81. The topological polar surface area (TPSA) is 63.4 Å². The van der Waals surface area contributed by atoms with E-state index in [0.717, 1.165) is 12.0 Å². The van der Waals surface area contributed by atoms with Gasteiger partial charge in [-0.2, -0.15) is 0 Å². The van der Waals surface area contributed by atoms with Gasteiger partial charge in [-0.05, 0) is 12.0 Å². The molecule has 4 heteroatoms. The Bertz CT molecular complexity index is 326. The highest BCUT2D eigenvalue weighted by atomic mass is 16.6. The van der Waals surface area contributed by atoms with E-state index in [1.807, 2.05) is 37.3 Å².